The molecule has 6 nitrogen and oxygen atoms in total. The van der Waals surface area contributed by atoms with Crippen LogP contribution in [0.25, 0.3) is 0 Å². The van der Waals surface area contributed by atoms with Gasteiger partial charge in [0.1, 0.15) is 5.82 Å². The van der Waals surface area contributed by atoms with Gasteiger partial charge in [-0.05, 0) is 48.9 Å². The van der Waals surface area contributed by atoms with Crippen LogP contribution in [0.4, 0.5) is 61.0 Å². The van der Waals surface area contributed by atoms with Gasteiger partial charge >= 0.3 is 30.1 Å². The number of hydrogen-bond acceptors (Lipinski definition) is 6. The van der Waals surface area contributed by atoms with E-state index in [1.165, 1.54) is 11.3 Å². The molecule has 0 spiro atoms. The molecule has 0 unspecified atom stereocenters. The van der Waals surface area contributed by atoms with E-state index in [2.05, 4.69) is 15.5 Å². The Morgan fingerprint density at radius 3 is 2.15 bits per heavy atom. The summed E-state index contributed by atoms with van der Waals surface area (Å²) in [5.41, 5.74) is 3.11. The molecule has 3 aliphatic heterocycles. The maximum atomic E-state index is 13.8. The van der Waals surface area contributed by atoms with Gasteiger partial charge in [-0.25, -0.2) is 4.39 Å². The molecule has 2 aromatic rings. The molecule has 0 bridgehead atoms. The van der Waals surface area contributed by atoms with Gasteiger partial charge in [-0.1, -0.05) is 0 Å². The van der Waals surface area contributed by atoms with Crippen molar-refractivity contribution in [3.8, 4) is 0 Å². The largest absolute Gasteiger partial charge is 0.458 e. The van der Waals surface area contributed by atoms with Crippen LogP contribution >= 0.6 is 0 Å². The van der Waals surface area contributed by atoms with Crippen molar-refractivity contribution in [3.05, 3.63) is 52.8 Å². The van der Waals surface area contributed by atoms with Crippen molar-refractivity contribution in [1.29, 1.82) is 0 Å². The van der Waals surface area contributed by atoms with Gasteiger partial charge < -0.3 is 20.3 Å². The minimum Gasteiger partial charge on any atom is -0.375 e. The first-order chi connectivity index (χ1) is 19.0. The molecule has 0 aliphatic carbocycles. The number of ether oxygens (including phenoxy) is 1. The van der Waals surface area contributed by atoms with Crippen LogP contribution in [0, 0.1) is 5.82 Å². The average molecular weight is 601 g/mol. The van der Waals surface area contributed by atoms with E-state index < -0.39 is 41.5 Å². The first-order valence-corrected chi connectivity index (χ1v) is 12.1. The molecular formula is C25H21F10N3O3. The Hall–Kier alpha value is -3.40. The predicted octanol–water partition coefficient (Wildman–Crippen LogP) is 5.63. The molecule has 5 rings (SSSR count). The van der Waals surface area contributed by atoms with Crippen molar-refractivity contribution in [3.63, 3.8) is 0 Å². The van der Waals surface area contributed by atoms with E-state index in [0.717, 1.165) is 43.8 Å². The summed E-state index contributed by atoms with van der Waals surface area (Å²) in [4.78, 5) is 21.7. The fraction of sp³-hybridized carbons (Fsp3) is 0.440. The number of halogens is 10. The van der Waals surface area contributed by atoms with Crippen LogP contribution in [0.2, 0.25) is 0 Å². The van der Waals surface area contributed by atoms with E-state index in [1.807, 2.05) is 12.1 Å². The number of rotatable bonds is 3. The fourth-order valence-corrected chi connectivity index (χ4v) is 5.11. The molecule has 16 heteroatoms. The van der Waals surface area contributed by atoms with Crippen molar-refractivity contribution in [2.75, 3.05) is 36.5 Å². The van der Waals surface area contributed by atoms with Gasteiger partial charge in [-0.2, -0.15) is 39.5 Å². The van der Waals surface area contributed by atoms with Gasteiger partial charge in [-0.3, -0.25) is 9.59 Å². The summed E-state index contributed by atoms with van der Waals surface area (Å²) >= 11 is 0. The highest BCUT2D eigenvalue weighted by Crippen LogP contribution is 2.47. The van der Waals surface area contributed by atoms with Gasteiger partial charge in [0.25, 0.3) is 0 Å². The third-order valence-corrected chi connectivity index (χ3v) is 6.72. The van der Waals surface area contributed by atoms with Crippen molar-refractivity contribution in [2.24, 2.45) is 0 Å². The smallest absolute Gasteiger partial charge is 0.375 e. The number of carbonyl (C=O) groups is 2. The second-order valence-electron chi connectivity index (χ2n) is 9.49. The Morgan fingerprint density at radius 2 is 1.54 bits per heavy atom. The first kappa shape index (κ1) is 30.6. The van der Waals surface area contributed by atoms with Gasteiger partial charge in [0, 0.05) is 47.7 Å². The fourth-order valence-electron chi connectivity index (χ4n) is 5.11. The van der Waals surface area contributed by atoms with Crippen molar-refractivity contribution >= 4 is 28.6 Å². The second kappa shape index (κ2) is 11.1. The zero-order valence-corrected chi connectivity index (χ0v) is 20.7. The number of benzene rings is 2. The van der Waals surface area contributed by atoms with E-state index in [-0.39, 0.29) is 5.69 Å². The minimum absolute atomic E-state index is 0.0761. The summed E-state index contributed by atoms with van der Waals surface area (Å²) in [6.45, 7) is 3.78. The highest BCUT2D eigenvalue weighted by Gasteiger charge is 2.54. The molecule has 224 valence electrons. The number of hydrogen-bond donors (Lipinski definition) is 2. The Morgan fingerprint density at radius 1 is 0.902 bits per heavy atom. The molecule has 2 aromatic carbocycles. The van der Waals surface area contributed by atoms with Crippen molar-refractivity contribution in [1.82, 2.24) is 5.32 Å². The van der Waals surface area contributed by atoms with Crippen LogP contribution in [0.3, 0.4) is 0 Å². The van der Waals surface area contributed by atoms with Crippen LogP contribution in [0.5, 0.6) is 0 Å². The molecule has 3 aliphatic rings. The Kier molecular flexibility index (Phi) is 8.28. The predicted molar refractivity (Wildman–Crippen MR) is 124 cm³/mol. The van der Waals surface area contributed by atoms with E-state index in [9.17, 15) is 53.5 Å². The van der Waals surface area contributed by atoms with Gasteiger partial charge in [0.05, 0.1) is 18.8 Å². The Bertz CT molecular complexity index is 1300. The van der Waals surface area contributed by atoms with E-state index in [1.54, 1.807) is 0 Å². The van der Waals surface area contributed by atoms with Crippen molar-refractivity contribution < 1.29 is 58.2 Å². The quantitative estimate of drug-likeness (QED) is 0.351. The second-order valence-corrected chi connectivity index (χ2v) is 9.49. The number of piperidine rings is 1. The Balaban J connectivity index is 0.000000275. The van der Waals surface area contributed by atoms with Gasteiger partial charge in [0.15, 0.2) is 0 Å². The lowest BCUT2D eigenvalue weighted by Crippen LogP contribution is -2.44. The molecule has 0 saturated carbocycles. The Labute approximate surface area is 225 Å². The summed E-state index contributed by atoms with van der Waals surface area (Å²) in [6, 6.07) is 6.82. The molecule has 1 saturated heterocycles. The zero-order chi connectivity index (χ0) is 30.3. The average Bonchev–Trinajstić information content (AvgIpc) is 3.01. The molecule has 1 fully saturated rings. The number of fused-ring (bicyclic) bond motifs is 3. The van der Waals surface area contributed by atoms with E-state index in [4.69, 9.17) is 4.74 Å². The standard InChI is InChI=1S/C21H21F4N3O.C4F6O2/c22-14-6-13(21(23,24)25)7-16(8-14)27-15-5-12-11-29-4-3-28-19-1-2-26-10-18(19)17(9-15)20(12)28;5-3(6,7)1(11)2(12)4(8,9)10/h5-9,18-19,26-27H,1-4,10-11H2;/t18-,19-;/m0./s1. The number of nitrogens with zero attached hydrogens (tertiary/aromatic N) is 1. The van der Waals surface area contributed by atoms with Crippen LogP contribution in [-0.2, 0) is 27.1 Å². The third kappa shape index (κ3) is 6.74. The molecule has 0 aromatic heterocycles. The first-order valence-electron chi connectivity index (χ1n) is 12.1. The number of carbonyl (C=O) groups excluding carboxylic acids is 2. The summed E-state index contributed by atoms with van der Waals surface area (Å²) in [7, 11) is 0. The molecule has 2 N–H and O–H groups in total. The number of Topliss-reactive ketones (excluding diaryl/α,β-unsaturated/α-hetero) is 2. The zero-order valence-electron chi connectivity index (χ0n) is 20.7. The maximum Gasteiger partial charge on any atom is 0.458 e. The highest BCUT2D eigenvalue weighted by atomic mass is 19.4. The molecule has 2 atom stereocenters. The van der Waals surface area contributed by atoms with E-state index in [0.29, 0.717) is 36.9 Å². The monoisotopic (exact) mass is 601 g/mol. The number of alkyl halides is 9. The van der Waals surface area contributed by atoms with Crippen LogP contribution in [0.1, 0.15) is 29.0 Å². The normalized spacial score (nSPS) is 20.3. The summed E-state index contributed by atoms with van der Waals surface area (Å²) < 4.78 is 126. The van der Waals surface area contributed by atoms with Crippen LogP contribution in [0.15, 0.2) is 30.3 Å². The highest BCUT2D eigenvalue weighted by molar-refractivity contribution is 6.41. The van der Waals surface area contributed by atoms with Gasteiger partial charge in [0.2, 0.25) is 0 Å². The summed E-state index contributed by atoms with van der Waals surface area (Å²) in [5, 5.41) is 6.43. The minimum atomic E-state index is -5.77. The molecule has 0 radical (unpaired) electrons. The molecule has 41 heavy (non-hydrogen) atoms. The van der Waals surface area contributed by atoms with Crippen molar-refractivity contribution in [2.45, 2.75) is 43.5 Å². The summed E-state index contributed by atoms with van der Waals surface area (Å²) in [5.74, 6) is -7.41. The SMILES string of the molecule is Fc1cc(Nc2cc3c4c(c2)[C@@H]2CNCC[C@@H]2N4CCOC3)cc(C(F)(F)F)c1.O=C(C(=O)C(F)(F)F)C(F)(F)F. The molecule has 0 amide bonds. The number of ketones is 2. The number of anilines is 3. The van der Waals surface area contributed by atoms with Crippen LogP contribution < -0.4 is 15.5 Å². The summed E-state index contributed by atoms with van der Waals surface area (Å²) in [6.07, 6.45) is -15.1. The lowest BCUT2D eigenvalue weighted by atomic mass is 9.89. The maximum absolute atomic E-state index is 13.8. The lowest BCUT2D eigenvalue weighted by Gasteiger charge is -2.33. The van der Waals surface area contributed by atoms with Crippen LogP contribution in [-0.4, -0.2) is 56.2 Å². The third-order valence-electron chi connectivity index (χ3n) is 6.72. The van der Waals surface area contributed by atoms with E-state index >= 15 is 0 Å². The van der Waals surface area contributed by atoms with Gasteiger partial charge in [-0.15, -0.1) is 0 Å². The molecular weight excluding hydrogens is 580 g/mol. The topological polar surface area (TPSA) is 70.7 Å². The lowest BCUT2D eigenvalue weighted by molar-refractivity contribution is -0.193. The number of nitrogens with one attached hydrogen (secondary N) is 2. The molecule has 3 heterocycles.